The van der Waals surface area contributed by atoms with E-state index >= 15 is 0 Å². The fourth-order valence-electron chi connectivity index (χ4n) is 5.82. The predicted molar refractivity (Wildman–Crippen MR) is 173 cm³/mol. The first-order chi connectivity index (χ1) is 21.1. The van der Waals surface area contributed by atoms with Crippen molar-refractivity contribution in [1.29, 1.82) is 0 Å². The molecular weight excluding hydrogens is 554 g/mol. The van der Waals surface area contributed by atoms with E-state index in [2.05, 4.69) is 22.2 Å². The Balaban J connectivity index is 1.65. The minimum absolute atomic E-state index is 0.0628. The van der Waals surface area contributed by atoms with Gasteiger partial charge in [-0.2, -0.15) is 0 Å². The molecule has 0 spiro atoms. The van der Waals surface area contributed by atoms with Crippen molar-refractivity contribution in [1.82, 2.24) is 15.1 Å². The molecule has 1 aliphatic rings. The quantitative estimate of drug-likeness (QED) is 0.240. The third-order valence-corrected chi connectivity index (χ3v) is 8.53. The van der Waals surface area contributed by atoms with E-state index in [1.165, 1.54) is 0 Å². The fourth-order valence-corrected chi connectivity index (χ4v) is 5.82. The summed E-state index contributed by atoms with van der Waals surface area (Å²) < 4.78 is 0. The monoisotopic (exact) mass is 605 g/mol. The highest BCUT2D eigenvalue weighted by molar-refractivity contribution is 5.93. The molecule has 1 amide bonds. The van der Waals surface area contributed by atoms with Crippen LogP contribution in [0, 0.1) is 17.8 Å². The molecule has 0 unspecified atom stereocenters. The molecule has 1 fully saturated rings. The first kappa shape index (κ1) is 35.1. The van der Waals surface area contributed by atoms with E-state index in [1.807, 2.05) is 74.5 Å². The average Bonchev–Trinajstić information content (AvgIpc) is 3.00. The lowest BCUT2D eigenvalue weighted by Gasteiger charge is -2.32. The number of ketones is 2. The van der Waals surface area contributed by atoms with Gasteiger partial charge in [-0.05, 0) is 62.7 Å². The van der Waals surface area contributed by atoms with E-state index in [0.29, 0.717) is 25.7 Å². The Morgan fingerprint density at radius 1 is 0.841 bits per heavy atom. The molecule has 8 nitrogen and oxygen atoms in total. The number of carboxylic acids is 1. The number of hydrogen-bond acceptors (Lipinski definition) is 6. The maximum atomic E-state index is 13.7. The van der Waals surface area contributed by atoms with Gasteiger partial charge in [0.05, 0.1) is 12.0 Å². The summed E-state index contributed by atoms with van der Waals surface area (Å²) in [6.45, 7) is 8.90. The third kappa shape index (κ3) is 12.7. The zero-order valence-corrected chi connectivity index (χ0v) is 26.7. The van der Waals surface area contributed by atoms with Crippen LogP contribution in [0.25, 0.3) is 0 Å². The van der Waals surface area contributed by atoms with Crippen molar-refractivity contribution in [2.75, 3.05) is 39.8 Å². The maximum absolute atomic E-state index is 13.7. The van der Waals surface area contributed by atoms with Crippen LogP contribution < -0.4 is 5.32 Å². The molecule has 0 aromatic heterocycles. The van der Waals surface area contributed by atoms with Crippen molar-refractivity contribution in [2.45, 2.75) is 71.3 Å². The molecule has 1 aliphatic heterocycles. The molecule has 8 heteroatoms. The maximum Gasteiger partial charge on any atom is 0.307 e. The zero-order valence-electron chi connectivity index (χ0n) is 26.7. The van der Waals surface area contributed by atoms with E-state index in [-0.39, 0.29) is 42.7 Å². The molecule has 3 atom stereocenters. The molecule has 0 radical (unpaired) electrons. The van der Waals surface area contributed by atoms with E-state index in [1.54, 1.807) is 0 Å². The number of carbonyl (C=O) groups is 4. The molecule has 3 rings (SSSR count). The van der Waals surface area contributed by atoms with Crippen LogP contribution in [-0.4, -0.2) is 84.2 Å². The first-order valence-electron chi connectivity index (χ1n) is 16.2. The molecular formula is C36H51N3O5. The summed E-state index contributed by atoms with van der Waals surface area (Å²) >= 11 is 0. The van der Waals surface area contributed by atoms with E-state index in [4.69, 9.17) is 0 Å². The van der Waals surface area contributed by atoms with Gasteiger partial charge in [-0.15, -0.1) is 0 Å². The van der Waals surface area contributed by atoms with Gasteiger partial charge in [-0.25, -0.2) is 0 Å². The third-order valence-electron chi connectivity index (χ3n) is 8.53. The van der Waals surface area contributed by atoms with Crippen LogP contribution in [0.15, 0.2) is 60.7 Å². The number of carboxylic acid groups (broad SMARTS) is 1. The summed E-state index contributed by atoms with van der Waals surface area (Å²) in [4.78, 5) is 57.1. The number of aryl methyl sites for hydroxylation is 1. The number of Topliss-reactive ketones (excluding diaryl/α,β-unsaturated/α-hetero) is 2. The molecule has 2 aromatic rings. The van der Waals surface area contributed by atoms with Gasteiger partial charge in [0.2, 0.25) is 5.91 Å². The van der Waals surface area contributed by atoms with Crippen molar-refractivity contribution >= 4 is 23.4 Å². The first-order valence-corrected chi connectivity index (χ1v) is 16.2. The molecule has 44 heavy (non-hydrogen) atoms. The number of carbonyl (C=O) groups excluding carboxylic acids is 3. The summed E-state index contributed by atoms with van der Waals surface area (Å²) in [6.07, 6.45) is 2.96. The summed E-state index contributed by atoms with van der Waals surface area (Å²) in [6, 6.07) is 18.4. The van der Waals surface area contributed by atoms with Crippen LogP contribution in [0.2, 0.25) is 0 Å². The number of nitrogens with zero attached hydrogens (tertiary/aromatic N) is 2. The lowest BCUT2D eigenvalue weighted by molar-refractivity contribution is -0.144. The standard InChI is InChI=1S/C36H51N3O5/c1-27(2)23-33(34(41)26-31(36(43)44)24-29-13-8-5-9-14-29)37-35(42)30(17-16-28-11-6-4-7-12-28)25-32(40)15-10-18-39-21-19-38(3)20-22-39/h4-9,11-14,27,30-31,33H,10,15-26H2,1-3H3,(H,37,42)(H,43,44)/t30-,31-,33+/m1/s1. The van der Waals surface area contributed by atoms with E-state index in [9.17, 15) is 24.3 Å². The molecule has 2 N–H and O–H groups in total. The normalized spacial score (nSPS) is 16.3. The lowest BCUT2D eigenvalue weighted by atomic mass is 9.88. The van der Waals surface area contributed by atoms with Crippen LogP contribution in [-0.2, 0) is 32.0 Å². The number of amides is 1. The van der Waals surface area contributed by atoms with Gasteiger partial charge in [-0.1, -0.05) is 74.5 Å². The predicted octanol–water partition coefficient (Wildman–Crippen LogP) is 4.66. The number of hydrogen-bond donors (Lipinski definition) is 2. The topological polar surface area (TPSA) is 107 Å². The molecule has 1 heterocycles. The smallest absolute Gasteiger partial charge is 0.307 e. The Kier molecular flexibility index (Phi) is 14.7. The van der Waals surface area contributed by atoms with Crippen molar-refractivity contribution < 1.29 is 24.3 Å². The molecule has 0 bridgehead atoms. The zero-order chi connectivity index (χ0) is 31.9. The molecule has 1 saturated heterocycles. The Bertz CT molecular complexity index is 1180. The van der Waals surface area contributed by atoms with Gasteiger partial charge < -0.3 is 20.2 Å². The summed E-state index contributed by atoms with van der Waals surface area (Å²) in [5.41, 5.74) is 1.94. The van der Waals surface area contributed by atoms with Crippen molar-refractivity contribution in [3.05, 3.63) is 71.8 Å². The SMILES string of the molecule is CC(C)C[C@H](NC(=O)[C@H](CCc1ccccc1)CC(=O)CCCN1CCN(C)CC1)C(=O)C[C@@H](Cc1ccccc1)C(=O)O. The lowest BCUT2D eigenvalue weighted by Crippen LogP contribution is -2.46. The second-order valence-corrected chi connectivity index (χ2v) is 12.8. The molecule has 0 aliphatic carbocycles. The molecule has 2 aromatic carbocycles. The highest BCUT2D eigenvalue weighted by atomic mass is 16.4. The number of benzene rings is 2. The average molecular weight is 606 g/mol. The van der Waals surface area contributed by atoms with Crippen LogP contribution in [0.1, 0.15) is 63.5 Å². The van der Waals surface area contributed by atoms with E-state index in [0.717, 1.165) is 50.3 Å². The number of nitrogens with one attached hydrogen (secondary N) is 1. The molecule has 240 valence electrons. The second-order valence-electron chi connectivity index (χ2n) is 12.8. The minimum atomic E-state index is -1.03. The summed E-state index contributed by atoms with van der Waals surface area (Å²) in [5, 5.41) is 12.8. The van der Waals surface area contributed by atoms with Gasteiger partial charge in [-0.3, -0.25) is 19.2 Å². The van der Waals surface area contributed by atoms with Gasteiger partial charge in [0.25, 0.3) is 0 Å². The minimum Gasteiger partial charge on any atom is -0.481 e. The highest BCUT2D eigenvalue weighted by Crippen LogP contribution is 2.20. The van der Waals surface area contributed by atoms with Gasteiger partial charge in [0.1, 0.15) is 5.78 Å². The highest BCUT2D eigenvalue weighted by Gasteiger charge is 2.31. The van der Waals surface area contributed by atoms with Crippen molar-refractivity contribution in [3.63, 3.8) is 0 Å². The van der Waals surface area contributed by atoms with Crippen LogP contribution >= 0.6 is 0 Å². The fraction of sp³-hybridized carbons (Fsp3) is 0.556. The number of piperazine rings is 1. The van der Waals surface area contributed by atoms with Crippen molar-refractivity contribution in [2.24, 2.45) is 17.8 Å². The second kappa shape index (κ2) is 18.4. The van der Waals surface area contributed by atoms with Crippen LogP contribution in [0.3, 0.4) is 0 Å². The number of rotatable bonds is 19. The van der Waals surface area contributed by atoms with E-state index < -0.39 is 23.8 Å². The Hall–Kier alpha value is -3.36. The largest absolute Gasteiger partial charge is 0.481 e. The summed E-state index contributed by atoms with van der Waals surface area (Å²) in [5.74, 6) is -2.88. The Labute approximate surface area is 263 Å². The van der Waals surface area contributed by atoms with Crippen LogP contribution in [0.4, 0.5) is 0 Å². The van der Waals surface area contributed by atoms with Crippen LogP contribution in [0.5, 0.6) is 0 Å². The number of likely N-dealkylation sites (N-methyl/N-ethyl adjacent to an activating group) is 1. The van der Waals surface area contributed by atoms with Gasteiger partial charge in [0, 0.05) is 51.4 Å². The molecule has 0 saturated carbocycles. The van der Waals surface area contributed by atoms with Gasteiger partial charge >= 0.3 is 5.97 Å². The van der Waals surface area contributed by atoms with Crippen molar-refractivity contribution in [3.8, 4) is 0 Å². The van der Waals surface area contributed by atoms with Gasteiger partial charge in [0.15, 0.2) is 5.78 Å². The Morgan fingerprint density at radius 3 is 2.05 bits per heavy atom. The Morgan fingerprint density at radius 2 is 1.45 bits per heavy atom. The number of aliphatic carboxylic acids is 1. The summed E-state index contributed by atoms with van der Waals surface area (Å²) in [7, 11) is 2.12.